The summed E-state index contributed by atoms with van der Waals surface area (Å²) in [6, 6.07) is 13.7. The minimum Gasteiger partial charge on any atom is -0.491 e. The van der Waals surface area contributed by atoms with Crippen LogP contribution in [-0.2, 0) is 11.2 Å². The van der Waals surface area contributed by atoms with Crippen LogP contribution in [0.3, 0.4) is 0 Å². The first kappa shape index (κ1) is 24.8. The number of likely N-dealkylation sites (tertiary alicyclic amines) is 2. The van der Waals surface area contributed by atoms with Gasteiger partial charge in [-0.1, -0.05) is 12.1 Å². The topological polar surface area (TPSA) is 71.1 Å². The summed E-state index contributed by atoms with van der Waals surface area (Å²) in [7, 11) is 0. The third kappa shape index (κ3) is 6.08. The Kier molecular flexibility index (Phi) is 8.18. The highest BCUT2D eigenvalue weighted by Gasteiger charge is 2.30. The monoisotopic (exact) mass is 491 g/mol. The van der Waals surface area contributed by atoms with Crippen molar-refractivity contribution >= 4 is 11.8 Å². The zero-order valence-corrected chi connectivity index (χ0v) is 21.0. The molecule has 0 spiro atoms. The summed E-state index contributed by atoms with van der Waals surface area (Å²) < 4.78 is 11.7. The van der Waals surface area contributed by atoms with Gasteiger partial charge in [0.1, 0.15) is 12.4 Å². The third-order valence-corrected chi connectivity index (χ3v) is 7.46. The Bertz CT molecular complexity index is 1070. The van der Waals surface area contributed by atoms with Gasteiger partial charge in [0.05, 0.1) is 13.2 Å². The maximum atomic E-state index is 13.7. The Balaban J connectivity index is 1.40. The summed E-state index contributed by atoms with van der Waals surface area (Å²) in [5.74, 6) is 0.763. The van der Waals surface area contributed by atoms with Gasteiger partial charge in [0.25, 0.3) is 11.8 Å². The van der Waals surface area contributed by atoms with Gasteiger partial charge in [-0.25, -0.2) is 0 Å². The lowest BCUT2D eigenvalue weighted by Gasteiger charge is -2.38. The van der Waals surface area contributed by atoms with Crippen molar-refractivity contribution in [3.8, 4) is 5.75 Å². The molecule has 1 unspecified atom stereocenters. The van der Waals surface area contributed by atoms with Crippen molar-refractivity contribution in [2.45, 2.75) is 44.6 Å². The van der Waals surface area contributed by atoms with Crippen molar-refractivity contribution in [3.63, 3.8) is 0 Å². The molecule has 7 nitrogen and oxygen atoms in total. The molecule has 1 atom stereocenters. The van der Waals surface area contributed by atoms with E-state index in [1.54, 1.807) is 0 Å². The number of carbonyl (C=O) groups is 2. The second-order valence-corrected chi connectivity index (χ2v) is 10.1. The number of benzene rings is 2. The molecular weight excluding hydrogens is 454 g/mol. The molecule has 2 amide bonds. The molecule has 2 saturated heterocycles. The highest BCUT2D eigenvalue weighted by molar-refractivity contribution is 5.95. The van der Waals surface area contributed by atoms with Crippen LogP contribution in [0.15, 0.2) is 42.5 Å². The van der Waals surface area contributed by atoms with E-state index in [-0.39, 0.29) is 17.9 Å². The number of hydrogen-bond donors (Lipinski definition) is 1. The van der Waals surface area contributed by atoms with Gasteiger partial charge in [0.15, 0.2) is 0 Å². The van der Waals surface area contributed by atoms with Crippen LogP contribution in [0.4, 0.5) is 0 Å². The van der Waals surface area contributed by atoms with E-state index in [1.165, 1.54) is 19.3 Å². The fraction of sp³-hybridized carbons (Fsp3) is 0.517. The number of rotatable bonds is 3. The van der Waals surface area contributed by atoms with Gasteiger partial charge in [-0.15, -0.1) is 0 Å². The first-order valence-electron chi connectivity index (χ1n) is 13.4. The van der Waals surface area contributed by atoms with Gasteiger partial charge in [0.2, 0.25) is 0 Å². The van der Waals surface area contributed by atoms with Gasteiger partial charge >= 0.3 is 0 Å². The average Bonchev–Trinajstić information content (AvgIpc) is 3.41. The Hall–Kier alpha value is -2.90. The second kappa shape index (κ2) is 11.9. The number of ether oxygens (including phenoxy) is 2. The van der Waals surface area contributed by atoms with Crippen LogP contribution < -0.4 is 10.1 Å². The van der Waals surface area contributed by atoms with Crippen LogP contribution in [0.1, 0.15) is 63.9 Å². The van der Waals surface area contributed by atoms with Gasteiger partial charge in [-0.2, -0.15) is 0 Å². The van der Waals surface area contributed by atoms with E-state index in [2.05, 4.69) is 15.1 Å². The maximum Gasteiger partial charge on any atom is 0.254 e. The van der Waals surface area contributed by atoms with Gasteiger partial charge in [-0.05, 0) is 86.7 Å². The number of hydrogen-bond acceptors (Lipinski definition) is 5. The molecule has 2 aromatic carbocycles. The lowest BCUT2D eigenvalue weighted by Crippen LogP contribution is -2.49. The number of fused-ring (bicyclic) bond motifs is 3. The molecule has 3 aliphatic heterocycles. The van der Waals surface area contributed by atoms with E-state index >= 15 is 0 Å². The molecule has 3 heterocycles. The average molecular weight is 492 g/mol. The Morgan fingerprint density at radius 1 is 0.972 bits per heavy atom. The van der Waals surface area contributed by atoms with E-state index in [9.17, 15) is 9.59 Å². The molecule has 2 aromatic rings. The van der Waals surface area contributed by atoms with Crippen molar-refractivity contribution in [1.82, 2.24) is 15.1 Å². The molecule has 192 valence electrons. The smallest absolute Gasteiger partial charge is 0.254 e. The summed E-state index contributed by atoms with van der Waals surface area (Å²) in [6.07, 6.45) is 6.43. The number of amides is 2. The van der Waals surface area contributed by atoms with Crippen LogP contribution in [0, 0.1) is 0 Å². The predicted molar refractivity (Wildman–Crippen MR) is 139 cm³/mol. The minimum atomic E-state index is -0.105. The fourth-order valence-electron chi connectivity index (χ4n) is 5.57. The summed E-state index contributed by atoms with van der Waals surface area (Å²) in [6.45, 7) is 5.84. The maximum absolute atomic E-state index is 13.7. The zero-order chi connectivity index (χ0) is 24.7. The van der Waals surface area contributed by atoms with Crippen molar-refractivity contribution in [2.24, 2.45) is 0 Å². The Morgan fingerprint density at radius 2 is 1.83 bits per heavy atom. The van der Waals surface area contributed by atoms with Crippen LogP contribution in [0.25, 0.3) is 0 Å². The van der Waals surface area contributed by atoms with E-state index in [0.717, 1.165) is 55.9 Å². The highest BCUT2D eigenvalue weighted by atomic mass is 16.5. The minimum absolute atomic E-state index is 0.105. The Morgan fingerprint density at radius 3 is 2.72 bits per heavy atom. The molecule has 5 rings (SSSR count). The van der Waals surface area contributed by atoms with E-state index in [1.807, 2.05) is 42.5 Å². The first-order chi connectivity index (χ1) is 17.7. The standard InChI is InChI=1S/C29H37N3O4/c33-28-23-7-5-6-22(18-23)19-25-20-24(9-10-27(25)36-17-16-35-15-11-30-28)29(34)32-14-2-1-8-26(32)21-31-12-3-4-13-31/h5-7,9-10,18,20,26H,1-4,8,11-17,19,21H2,(H,30,33). The molecule has 1 N–H and O–H groups in total. The van der Waals surface area contributed by atoms with Gasteiger partial charge in [0, 0.05) is 43.2 Å². The van der Waals surface area contributed by atoms with Crippen molar-refractivity contribution < 1.29 is 19.1 Å². The molecule has 2 bridgehead atoms. The van der Waals surface area contributed by atoms with Crippen LogP contribution in [0.2, 0.25) is 0 Å². The molecular formula is C29H37N3O4. The lowest BCUT2D eigenvalue weighted by molar-refractivity contribution is 0.0560. The van der Waals surface area contributed by atoms with Gasteiger partial charge < -0.3 is 24.6 Å². The molecule has 0 saturated carbocycles. The third-order valence-electron chi connectivity index (χ3n) is 7.46. The summed E-state index contributed by atoms with van der Waals surface area (Å²) in [5.41, 5.74) is 3.29. The number of piperidine rings is 1. The molecule has 2 fully saturated rings. The number of carbonyl (C=O) groups excluding carboxylic acids is 2. The fourth-order valence-corrected chi connectivity index (χ4v) is 5.57. The molecule has 0 aromatic heterocycles. The zero-order valence-electron chi connectivity index (χ0n) is 21.0. The predicted octanol–water partition coefficient (Wildman–Crippen LogP) is 3.51. The number of nitrogens with one attached hydrogen (secondary N) is 1. The van der Waals surface area contributed by atoms with Crippen LogP contribution >= 0.6 is 0 Å². The molecule has 36 heavy (non-hydrogen) atoms. The highest BCUT2D eigenvalue weighted by Crippen LogP contribution is 2.27. The quantitative estimate of drug-likeness (QED) is 0.712. The van der Waals surface area contributed by atoms with Crippen molar-refractivity contribution in [1.29, 1.82) is 0 Å². The van der Waals surface area contributed by atoms with E-state index < -0.39 is 0 Å². The molecule has 0 radical (unpaired) electrons. The van der Waals surface area contributed by atoms with E-state index in [4.69, 9.17) is 9.47 Å². The first-order valence-corrected chi connectivity index (χ1v) is 13.4. The van der Waals surface area contributed by atoms with Crippen molar-refractivity contribution in [3.05, 3.63) is 64.7 Å². The van der Waals surface area contributed by atoms with Gasteiger partial charge in [-0.3, -0.25) is 9.59 Å². The Labute approximate surface area is 213 Å². The largest absolute Gasteiger partial charge is 0.491 e. The molecule has 3 aliphatic rings. The number of nitrogens with zero attached hydrogens (tertiary/aromatic N) is 2. The lowest BCUT2D eigenvalue weighted by atomic mass is 9.97. The summed E-state index contributed by atoms with van der Waals surface area (Å²) in [4.78, 5) is 30.9. The van der Waals surface area contributed by atoms with Crippen LogP contribution in [0.5, 0.6) is 5.75 Å². The molecule has 7 heteroatoms. The van der Waals surface area contributed by atoms with Crippen molar-refractivity contribution in [2.75, 3.05) is 52.5 Å². The molecule has 0 aliphatic carbocycles. The van der Waals surface area contributed by atoms with E-state index in [0.29, 0.717) is 43.9 Å². The second-order valence-electron chi connectivity index (χ2n) is 10.1. The van der Waals surface area contributed by atoms with Crippen LogP contribution in [-0.4, -0.2) is 80.2 Å². The summed E-state index contributed by atoms with van der Waals surface area (Å²) in [5, 5.41) is 2.90. The normalized spacial score (nSPS) is 21.7. The summed E-state index contributed by atoms with van der Waals surface area (Å²) >= 11 is 0. The SMILES string of the molecule is O=C1NCCOCCOc2ccc(C(=O)N3CCCCC3CN3CCCC3)cc2Cc2cccc1c2.